The fourth-order valence-corrected chi connectivity index (χ4v) is 2.41. The van der Waals surface area contributed by atoms with Crippen LogP contribution < -0.4 is 10.6 Å². The molecular formula is C14H26N6. The number of guanidine groups is 1. The second-order valence-electron chi connectivity index (χ2n) is 5.49. The molecule has 0 bridgehead atoms. The van der Waals surface area contributed by atoms with E-state index in [0.717, 1.165) is 37.1 Å². The fraction of sp³-hybridized carbons (Fsp3) is 0.786. The summed E-state index contributed by atoms with van der Waals surface area (Å²) >= 11 is 0. The van der Waals surface area contributed by atoms with E-state index in [9.17, 15) is 0 Å². The smallest absolute Gasteiger partial charge is 0.191 e. The number of aromatic nitrogens is 3. The quantitative estimate of drug-likeness (QED) is 0.646. The van der Waals surface area contributed by atoms with Crippen molar-refractivity contribution in [3.63, 3.8) is 0 Å². The monoisotopic (exact) mass is 278 g/mol. The topological polar surface area (TPSA) is 67.1 Å². The number of nitrogens with one attached hydrogen (secondary N) is 2. The Balaban J connectivity index is 2.06. The summed E-state index contributed by atoms with van der Waals surface area (Å²) in [5.74, 6) is 2.94. The molecular weight excluding hydrogens is 252 g/mol. The Kier molecular flexibility index (Phi) is 5.38. The minimum Gasteiger partial charge on any atom is -0.357 e. The molecule has 0 aromatic carbocycles. The average molecular weight is 278 g/mol. The molecule has 20 heavy (non-hydrogen) atoms. The summed E-state index contributed by atoms with van der Waals surface area (Å²) < 4.78 is 2.25. The maximum Gasteiger partial charge on any atom is 0.191 e. The molecule has 0 radical (unpaired) electrons. The van der Waals surface area contributed by atoms with Gasteiger partial charge in [-0.15, -0.1) is 10.2 Å². The predicted molar refractivity (Wildman–Crippen MR) is 80.7 cm³/mol. The van der Waals surface area contributed by atoms with E-state index >= 15 is 0 Å². The molecule has 6 nitrogen and oxygen atoms in total. The zero-order valence-electron chi connectivity index (χ0n) is 12.8. The SMILES string of the molecule is CCNC(=NCc1nnc2n1CCCCC2)NC(C)C. The van der Waals surface area contributed by atoms with Crippen LogP contribution in [0.15, 0.2) is 4.99 Å². The van der Waals surface area contributed by atoms with Gasteiger partial charge in [-0.1, -0.05) is 6.42 Å². The molecule has 0 atom stereocenters. The molecule has 6 heteroatoms. The Hall–Kier alpha value is -1.59. The van der Waals surface area contributed by atoms with Crippen molar-refractivity contribution in [3.05, 3.63) is 11.6 Å². The summed E-state index contributed by atoms with van der Waals surface area (Å²) in [6, 6.07) is 0.364. The van der Waals surface area contributed by atoms with Crippen LogP contribution in [-0.2, 0) is 19.5 Å². The lowest BCUT2D eigenvalue weighted by Gasteiger charge is -2.14. The highest BCUT2D eigenvalue weighted by Crippen LogP contribution is 2.14. The molecule has 0 unspecified atom stereocenters. The largest absolute Gasteiger partial charge is 0.357 e. The van der Waals surface area contributed by atoms with Gasteiger partial charge < -0.3 is 15.2 Å². The first kappa shape index (κ1) is 14.8. The van der Waals surface area contributed by atoms with Crippen molar-refractivity contribution < 1.29 is 0 Å². The number of nitrogens with zero attached hydrogens (tertiary/aromatic N) is 4. The van der Waals surface area contributed by atoms with Gasteiger partial charge >= 0.3 is 0 Å². The molecule has 0 saturated carbocycles. The van der Waals surface area contributed by atoms with Crippen LogP contribution in [0.3, 0.4) is 0 Å². The summed E-state index contributed by atoms with van der Waals surface area (Å²) in [5, 5.41) is 15.2. The van der Waals surface area contributed by atoms with Gasteiger partial charge in [-0.2, -0.15) is 0 Å². The molecule has 0 spiro atoms. The lowest BCUT2D eigenvalue weighted by Crippen LogP contribution is -2.41. The third-order valence-electron chi connectivity index (χ3n) is 3.33. The number of fused-ring (bicyclic) bond motifs is 1. The van der Waals surface area contributed by atoms with Gasteiger partial charge in [0.25, 0.3) is 0 Å². The van der Waals surface area contributed by atoms with Crippen LogP contribution in [0.4, 0.5) is 0 Å². The summed E-state index contributed by atoms with van der Waals surface area (Å²) in [4.78, 5) is 4.61. The zero-order chi connectivity index (χ0) is 14.4. The normalized spacial score (nSPS) is 15.9. The highest BCUT2D eigenvalue weighted by atomic mass is 15.3. The second-order valence-corrected chi connectivity index (χ2v) is 5.49. The first-order chi connectivity index (χ1) is 9.70. The third kappa shape index (κ3) is 3.95. The zero-order valence-corrected chi connectivity index (χ0v) is 12.8. The van der Waals surface area contributed by atoms with E-state index in [1.54, 1.807) is 0 Å². The molecule has 0 aliphatic carbocycles. The summed E-state index contributed by atoms with van der Waals surface area (Å²) in [7, 11) is 0. The predicted octanol–water partition coefficient (Wildman–Crippen LogP) is 1.47. The molecule has 0 fully saturated rings. The van der Waals surface area contributed by atoms with Gasteiger partial charge in [0, 0.05) is 25.6 Å². The maximum absolute atomic E-state index is 4.61. The minimum atomic E-state index is 0.364. The van der Waals surface area contributed by atoms with Crippen LogP contribution in [-0.4, -0.2) is 33.3 Å². The number of rotatable bonds is 4. The van der Waals surface area contributed by atoms with Gasteiger partial charge in [0.1, 0.15) is 12.4 Å². The van der Waals surface area contributed by atoms with Crippen molar-refractivity contribution in [1.82, 2.24) is 25.4 Å². The molecule has 0 amide bonds. The number of aryl methyl sites for hydroxylation is 1. The average Bonchev–Trinajstić information content (AvgIpc) is 2.64. The van der Waals surface area contributed by atoms with Gasteiger partial charge in [-0.25, -0.2) is 4.99 Å². The Bertz CT molecular complexity index is 449. The fourth-order valence-electron chi connectivity index (χ4n) is 2.41. The van der Waals surface area contributed by atoms with Gasteiger partial charge in [-0.3, -0.25) is 0 Å². The molecule has 2 rings (SSSR count). The van der Waals surface area contributed by atoms with E-state index in [4.69, 9.17) is 0 Å². The first-order valence-electron chi connectivity index (χ1n) is 7.66. The van der Waals surface area contributed by atoms with Crippen LogP contribution in [0.2, 0.25) is 0 Å². The second kappa shape index (κ2) is 7.26. The van der Waals surface area contributed by atoms with E-state index in [0.29, 0.717) is 12.6 Å². The van der Waals surface area contributed by atoms with Crippen molar-refractivity contribution in [1.29, 1.82) is 0 Å². The number of hydrogen-bond donors (Lipinski definition) is 2. The Morgan fingerprint density at radius 3 is 2.90 bits per heavy atom. The molecule has 1 aliphatic rings. The molecule has 1 aromatic rings. The molecule has 0 saturated heterocycles. The van der Waals surface area contributed by atoms with Gasteiger partial charge in [0.2, 0.25) is 0 Å². The lowest BCUT2D eigenvalue weighted by molar-refractivity contribution is 0.604. The molecule has 112 valence electrons. The maximum atomic E-state index is 4.61. The van der Waals surface area contributed by atoms with Gasteiger partial charge in [0.05, 0.1) is 0 Å². The van der Waals surface area contributed by atoms with Crippen LogP contribution in [0.25, 0.3) is 0 Å². The van der Waals surface area contributed by atoms with Gasteiger partial charge in [-0.05, 0) is 33.6 Å². The highest BCUT2D eigenvalue weighted by Gasteiger charge is 2.14. The van der Waals surface area contributed by atoms with Crippen LogP contribution in [0, 0.1) is 0 Å². The standard InChI is InChI=1S/C14H26N6/c1-4-15-14(17-11(2)3)16-10-13-19-18-12-8-6-5-7-9-20(12)13/h11H,4-10H2,1-3H3,(H2,15,16,17). The van der Waals surface area contributed by atoms with E-state index < -0.39 is 0 Å². The molecule has 1 aliphatic heterocycles. The van der Waals surface area contributed by atoms with Crippen molar-refractivity contribution in [3.8, 4) is 0 Å². The van der Waals surface area contributed by atoms with Crippen molar-refractivity contribution in [2.45, 2.75) is 65.6 Å². The van der Waals surface area contributed by atoms with E-state index in [1.807, 2.05) is 0 Å². The van der Waals surface area contributed by atoms with Gasteiger partial charge in [0.15, 0.2) is 11.8 Å². The van der Waals surface area contributed by atoms with Crippen LogP contribution in [0.1, 0.15) is 51.7 Å². The Morgan fingerprint density at radius 1 is 1.30 bits per heavy atom. The summed E-state index contributed by atoms with van der Waals surface area (Å²) in [6.07, 6.45) is 4.76. The number of hydrogen-bond acceptors (Lipinski definition) is 3. The lowest BCUT2D eigenvalue weighted by atomic mass is 10.2. The van der Waals surface area contributed by atoms with Crippen LogP contribution >= 0.6 is 0 Å². The summed E-state index contributed by atoms with van der Waals surface area (Å²) in [5.41, 5.74) is 0. The van der Waals surface area contributed by atoms with Crippen molar-refractivity contribution in [2.75, 3.05) is 6.54 Å². The van der Waals surface area contributed by atoms with E-state index in [1.165, 1.54) is 19.3 Å². The molecule has 1 aromatic heterocycles. The minimum absolute atomic E-state index is 0.364. The highest BCUT2D eigenvalue weighted by molar-refractivity contribution is 5.79. The summed E-state index contributed by atoms with van der Waals surface area (Å²) in [6.45, 7) is 8.75. The Labute approximate surface area is 121 Å². The molecule has 2 heterocycles. The van der Waals surface area contributed by atoms with Crippen LogP contribution in [0.5, 0.6) is 0 Å². The first-order valence-corrected chi connectivity index (χ1v) is 7.66. The Morgan fingerprint density at radius 2 is 2.15 bits per heavy atom. The van der Waals surface area contributed by atoms with E-state index in [-0.39, 0.29) is 0 Å². The van der Waals surface area contributed by atoms with E-state index in [2.05, 4.69) is 51.2 Å². The number of aliphatic imine (C=N–C) groups is 1. The van der Waals surface area contributed by atoms with Crippen molar-refractivity contribution in [2.24, 2.45) is 4.99 Å². The third-order valence-corrected chi connectivity index (χ3v) is 3.33. The molecule has 2 N–H and O–H groups in total. The van der Waals surface area contributed by atoms with Crippen molar-refractivity contribution >= 4 is 5.96 Å².